The first-order chi connectivity index (χ1) is 9.15. The summed E-state index contributed by atoms with van der Waals surface area (Å²) in [7, 11) is 0. The van der Waals surface area contributed by atoms with Crippen molar-refractivity contribution in [3.63, 3.8) is 0 Å². The summed E-state index contributed by atoms with van der Waals surface area (Å²) in [5, 5.41) is 9.71. The number of rotatable bonds is 2. The number of carbonyl (C=O) groups is 1. The lowest BCUT2D eigenvalue weighted by atomic mass is 10.2. The van der Waals surface area contributed by atoms with Crippen LogP contribution in [0.4, 0.5) is 0 Å². The van der Waals surface area contributed by atoms with E-state index in [2.05, 4.69) is 4.98 Å². The Morgan fingerprint density at radius 1 is 1.16 bits per heavy atom. The molecule has 4 nitrogen and oxygen atoms in total. The van der Waals surface area contributed by atoms with Crippen LogP contribution in [0.3, 0.4) is 0 Å². The van der Waals surface area contributed by atoms with Gasteiger partial charge in [0.25, 0.3) is 0 Å². The van der Waals surface area contributed by atoms with Crippen molar-refractivity contribution in [3.8, 4) is 11.5 Å². The molecule has 0 atom stereocenters. The number of aromatic carboxylic acids is 1. The number of oxazole rings is 1. The monoisotopic (exact) mass is 273 g/mol. The van der Waals surface area contributed by atoms with Crippen LogP contribution in [0.15, 0.2) is 46.9 Å². The van der Waals surface area contributed by atoms with E-state index in [1.54, 1.807) is 36.4 Å². The van der Waals surface area contributed by atoms with Crippen molar-refractivity contribution < 1.29 is 14.3 Å². The van der Waals surface area contributed by atoms with Crippen LogP contribution in [0.5, 0.6) is 0 Å². The summed E-state index contributed by atoms with van der Waals surface area (Å²) in [6, 6.07) is 11.8. The molecule has 1 aromatic heterocycles. The van der Waals surface area contributed by atoms with Crippen LogP contribution in [0.1, 0.15) is 10.4 Å². The van der Waals surface area contributed by atoms with Gasteiger partial charge >= 0.3 is 5.97 Å². The highest BCUT2D eigenvalue weighted by atomic mass is 35.5. The number of fused-ring (bicyclic) bond motifs is 1. The smallest absolute Gasteiger partial charge is 0.339 e. The molecule has 94 valence electrons. The van der Waals surface area contributed by atoms with E-state index in [0.717, 1.165) is 5.56 Å². The van der Waals surface area contributed by atoms with Crippen molar-refractivity contribution in [1.29, 1.82) is 0 Å². The first-order valence-electron chi connectivity index (χ1n) is 5.54. The van der Waals surface area contributed by atoms with Crippen LogP contribution < -0.4 is 0 Å². The van der Waals surface area contributed by atoms with Gasteiger partial charge in [-0.25, -0.2) is 9.78 Å². The number of benzene rings is 2. The SMILES string of the molecule is O=C(O)c1cccc2nc(-c3ccc(Cl)cc3)oc12. The number of hydrogen-bond donors (Lipinski definition) is 1. The molecule has 0 saturated heterocycles. The summed E-state index contributed by atoms with van der Waals surface area (Å²) in [6.07, 6.45) is 0. The average molecular weight is 274 g/mol. The predicted octanol–water partition coefficient (Wildman–Crippen LogP) is 3.85. The van der Waals surface area contributed by atoms with Gasteiger partial charge in [0.2, 0.25) is 5.89 Å². The third-order valence-corrected chi connectivity index (χ3v) is 2.99. The maximum absolute atomic E-state index is 11.1. The third kappa shape index (κ3) is 2.06. The first kappa shape index (κ1) is 11.7. The zero-order valence-corrected chi connectivity index (χ0v) is 10.4. The largest absolute Gasteiger partial charge is 0.478 e. The van der Waals surface area contributed by atoms with Gasteiger partial charge in [0.1, 0.15) is 11.1 Å². The lowest BCUT2D eigenvalue weighted by Crippen LogP contribution is -1.95. The fourth-order valence-electron chi connectivity index (χ4n) is 1.83. The van der Waals surface area contributed by atoms with Crippen LogP contribution in [0, 0.1) is 0 Å². The Bertz CT molecular complexity index is 762. The van der Waals surface area contributed by atoms with E-state index in [1.807, 2.05) is 0 Å². The maximum Gasteiger partial charge on any atom is 0.339 e. The number of nitrogens with zero attached hydrogens (tertiary/aromatic N) is 1. The Kier molecular flexibility index (Phi) is 2.72. The van der Waals surface area contributed by atoms with Crippen molar-refractivity contribution in [3.05, 3.63) is 53.1 Å². The molecule has 1 heterocycles. The number of hydrogen-bond acceptors (Lipinski definition) is 3. The zero-order chi connectivity index (χ0) is 13.4. The van der Waals surface area contributed by atoms with Gasteiger partial charge in [0.05, 0.1) is 0 Å². The summed E-state index contributed by atoms with van der Waals surface area (Å²) in [6.45, 7) is 0. The molecule has 0 radical (unpaired) electrons. The number of para-hydroxylation sites is 1. The summed E-state index contributed by atoms with van der Waals surface area (Å²) in [4.78, 5) is 15.4. The Balaban J connectivity index is 2.19. The predicted molar refractivity (Wildman–Crippen MR) is 71.4 cm³/mol. The van der Waals surface area contributed by atoms with Crippen molar-refractivity contribution in [2.45, 2.75) is 0 Å². The van der Waals surface area contributed by atoms with Crippen molar-refractivity contribution in [1.82, 2.24) is 4.98 Å². The maximum atomic E-state index is 11.1. The second-order valence-corrected chi connectivity index (χ2v) is 4.42. The fraction of sp³-hybridized carbons (Fsp3) is 0. The van der Waals surface area contributed by atoms with Crippen LogP contribution >= 0.6 is 11.6 Å². The van der Waals surface area contributed by atoms with E-state index in [4.69, 9.17) is 21.1 Å². The van der Waals surface area contributed by atoms with E-state index >= 15 is 0 Å². The number of aromatic nitrogens is 1. The van der Waals surface area contributed by atoms with E-state index in [1.165, 1.54) is 6.07 Å². The number of carboxylic acids is 1. The Morgan fingerprint density at radius 3 is 2.58 bits per heavy atom. The Hall–Kier alpha value is -2.33. The standard InChI is InChI=1S/C14H8ClNO3/c15-9-6-4-8(5-7-9)13-16-11-3-1-2-10(14(17)18)12(11)19-13/h1-7H,(H,17,18). The van der Waals surface area contributed by atoms with E-state index in [-0.39, 0.29) is 11.1 Å². The van der Waals surface area contributed by atoms with Gasteiger partial charge in [-0.1, -0.05) is 17.7 Å². The van der Waals surface area contributed by atoms with Gasteiger partial charge in [0.15, 0.2) is 5.58 Å². The Morgan fingerprint density at radius 2 is 1.89 bits per heavy atom. The summed E-state index contributed by atoms with van der Waals surface area (Å²) in [5.74, 6) is -0.662. The van der Waals surface area contributed by atoms with Crippen LogP contribution in [-0.4, -0.2) is 16.1 Å². The minimum absolute atomic E-state index is 0.102. The molecule has 0 aliphatic heterocycles. The zero-order valence-electron chi connectivity index (χ0n) is 9.63. The highest BCUT2D eigenvalue weighted by Gasteiger charge is 2.15. The van der Waals surface area contributed by atoms with Gasteiger partial charge in [0, 0.05) is 10.6 Å². The third-order valence-electron chi connectivity index (χ3n) is 2.74. The molecule has 19 heavy (non-hydrogen) atoms. The van der Waals surface area contributed by atoms with Gasteiger partial charge in [-0.2, -0.15) is 0 Å². The first-order valence-corrected chi connectivity index (χ1v) is 5.92. The van der Waals surface area contributed by atoms with Crippen molar-refractivity contribution in [2.75, 3.05) is 0 Å². The van der Waals surface area contributed by atoms with Crippen LogP contribution in [-0.2, 0) is 0 Å². The molecule has 2 aromatic carbocycles. The molecule has 0 amide bonds. The molecule has 0 saturated carbocycles. The lowest BCUT2D eigenvalue weighted by molar-refractivity contribution is 0.0698. The van der Waals surface area contributed by atoms with E-state index < -0.39 is 5.97 Å². The van der Waals surface area contributed by atoms with Gasteiger partial charge in [-0.05, 0) is 36.4 Å². The molecule has 0 bridgehead atoms. The average Bonchev–Trinajstić information content (AvgIpc) is 2.82. The number of halogens is 1. The highest BCUT2D eigenvalue weighted by molar-refractivity contribution is 6.30. The normalized spacial score (nSPS) is 10.8. The molecular formula is C14H8ClNO3. The molecule has 0 fully saturated rings. The summed E-state index contributed by atoms with van der Waals surface area (Å²) in [5.41, 5.74) is 1.65. The minimum atomic E-state index is -1.04. The Labute approximate surface area is 113 Å². The topological polar surface area (TPSA) is 63.3 Å². The molecular weight excluding hydrogens is 266 g/mol. The summed E-state index contributed by atoms with van der Waals surface area (Å²) >= 11 is 5.82. The quantitative estimate of drug-likeness (QED) is 0.770. The molecule has 3 rings (SSSR count). The van der Waals surface area contributed by atoms with E-state index in [9.17, 15) is 4.79 Å². The van der Waals surface area contributed by atoms with Crippen molar-refractivity contribution >= 4 is 28.7 Å². The molecule has 1 N–H and O–H groups in total. The molecule has 3 aromatic rings. The molecule has 0 unspecified atom stereocenters. The van der Waals surface area contributed by atoms with Gasteiger partial charge in [-0.15, -0.1) is 0 Å². The van der Waals surface area contributed by atoms with Gasteiger partial charge < -0.3 is 9.52 Å². The second-order valence-electron chi connectivity index (χ2n) is 3.98. The lowest BCUT2D eigenvalue weighted by Gasteiger charge is -1.95. The molecule has 0 aliphatic rings. The van der Waals surface area contributed by atoms with E-state index in [0.29, 0.717) is 16.4 Å². The van der Waals surface area contributed by atoms with Gasteiger partial charge in [-0.3, -0.25) is 0 Å². The highest BCUT2D eigenvalue weighted by Crippen LogP contribution is 2.27. The molecule has 0 spiro atoms. The second kappa shape index (κ2) is 4.40. The van der Waals surface area contributed by atoms with Crippen LogP contribution in [0.25, 0.3) is 22.6 Å². The molecule has 0 aliphatic carbocycles. The van der Waals surface area contributed by atoms with Crippen molar-refractivity contribution in [2.24, 2.45) is 0 Å². The van der Waals surface area contributed by atoms with Crippen LogP contribution in [0.2, 0.25) is 5.02 Å². The fourth-order valence-corrected chi connectivity index (χ4v) is 1.96. The minimum Gasteiger partial charge on any atom is -0.478 e. The summed E-state index contributed by atoms with van der Waals surface area (Å²) < 4.78 is 5.55. The number of carboxylic acid groups (broad SMARTS) is 1. The molecule has 5 heteroatoms.